The Hall–Kier alpha value is -0.890. The Labute approximate surface area is 117 Å². The molecule has 0 spiro atoms. The van der Waals surface area contributed by atoms with Crippen molar-refractivity contribution in [3.63, 3.8) is 0 Å². The first-order valence-corrected chi connectivity index (χ1v) is 6.53. The highest BCUT2D eigenvalue weighted by atomic mass is 127. The van der Waals surface area contributed by atoms with Gasteiger partial charge in [0, 0.05) is 3.57 Å². The van der Waals surface area contributed by atoms with Crippen LogP contribution in [-0.2, 0) is 10.3 Å². The molecular formula is C11H12IN3OS. The molecule has 0 aliphatic rings. The summed E-state index contributed by atoms with van der Waals surface area (Å²) in [5, 5.41) is 0. The molecule has 0 radical (unpaired) electrons. The molecule has 1 amide bonds. The molecule has 4 nitrogen and oxygen atoms in total. The van der Waals surface area contributed by atoms with Crippen molar-refractivity contribution in [3.8, 4) is 0 Å². The summed E-state index contributed by atoms with van der Waals surface area (Å²) in [7, 11) is 0. The third-order valence-electron chi connectivity index (χ3n) is 2.81. The highest BCUT2D eigenvalue weighted by molar-refractivity contribution is 14.1. The summed E-state index contributed by atoms with van der Waals surface area (Å²) >= 11 is 7.49. The second-order valence-electron chi connectivity index (χ2n) is 4.35. The lowest BCUT2D eigenvalue weighted by Gasteiger charge is -2.23. The van der Waals surface area contributed by atoms with E-state index in [1.165, 1.54) is 0 Å². The van der Waals surface area contributed by atoms with E-state index in [0.29, 0.717) is 4.77 Å². The fraction of sp³-hybridized carbons (Fsp3) is 0.273. The number of rotatable bonds is 2. The van der Waals surface area contributed by atoms with Gasteiger partial charge < -0.3 is 15.3 Å². The lowest BCUT2D eigenvalue weighted by molar-refractivity contribution is -0.124. The van der Waals surface area contributed by atoms with Gasteiger partial charge in [-0.25, -0.2) is 0 Å². The van der Waals surface area contributed by atoms with Gasteiger partial charge in [-0.05, 0) is 66.9 Å². The van der Waals surface area contributed by atoms with E-state index in [0.717, 1.165) is 14.6 Å². The Morgan fingerprint density at radius 2 is 2.18 bits per heavy atom. The molecule has 1 aromatic carbocycles. The normalized spacial score (nSPS) is 11.9. The summed E-state index contributed by atoms with van der Waals surface area (Å²) < 4.78 is 3.37. The summed E-state index contributed by atoms with van der Waals surface area (Å²) in [6, 6.07) is 5.90. The smallest absolute Gasteiger partial charge is 0.243 e. The number of aromatic nitrogens is 2. The molecule has 0 aliphatic heterocycles. The molecule has 0 saturated heterocycles. The summed E-state index contributed by atoms with van der Waals surface area (Å²) in [6.45, 7) is 3.52. The summed E-state index contributed by atoms with van der Waals surface area (Å²) in [5.41, 5.74) is 6.39. The van der Waals surface area contributed by atoms with Crippen LogP contribution in [0.2, 0.25) is 0 Å². The minimum Gasteiger partial charge on any atom is -0.368 e. The number of nitrogens with two attached hydrogens (primary N) is 1. The van der Waals surface area contributed by atoms with Crippen LogP contribution in [0.15, 0.2) is 18.2 Å². The zero-order valence-electron chi connectivity index (χ0n) is 9.45. The number of imidazole rings is 1. The van der Waals surface area contributed by atoms with Gasteiger partial charge in [0.25, 0.3) is 0 Å². The van der Waals surface area contributed by atoms with Gasteiger partial charge in [-0.3, -0.25) is 4.79 Å². The number of H-pyrrole nitrogens is 1. The number of hydrogen-bond acceptors (Lipinski definition) is 2. The zero-order valence-corrected chi connectivity index (χ0v) is 12.4. The van der Waals surface area contributed by atoms with Gasteiger partial charge in [-0.2, -0.15) is 0 Å². The van der Waals surface area contributed by atoms with E-state index >= 15 is 0 Å². The minimum atomic E-state index is -0.845. The van der Waals surface area contributed by atoms with Crippen LogP contribution in [-0.4, -0.2) is 15.5 Å². The Bertz CT molecular complexity index is 656. The third kappa shape index (κ3) is 1.99. The van der Waals surface area contributed by atoms with Gasteiger partial charge in [0.2, 0.25) is 5.91 Å². The van der Waals surface area contributed by atoms with Crippen LogP contribution in [0.1, 0.15) is 13.8 Å². The Balaban J connectivity index is 2.83. The fourth-order valence-electron chi connectivity index (χ4n) is 1.75. The SMILES string of the molecule is CC(C)(C(N)=O)n1c(=S)[nH]c2cc(I)ccc21. The van der Waals surface area contributed by atoms with Crippen LogP contribution < -0.4 is 5.73 Å². The first-order chi connectivity index (χ1) is 7.84. The second kappa shape index (κ2) is 4.09. The number of amides is 1. The van der Waals surface area contributed by atoms with Gasteiger partial charge in [-0.15, -0.1) is 0 Å². The molecule has 1 aromatic heterocycles. The summed E-state index contributed by atoms with van der Waals surface area (Å²) in [6.07, 6.45) is 0. The monoisotopic (exact) mass is 361 g/mol. The number of aromatic amines is 1. The lowest BCUT2D eigenvalue weighted by atomic mass is 10.0. The Morgan fingerprint density at radius 1 is 1.53 bits per heavy atom. The van der Waals surface area contributed by atoms with Gasteiger partial charge in [0.05, 0.1) is 11.0 Å². The topological polar surface area (TPSA) is 63.8 Å². The van der Waals surface area contributed by atoms with Gasteiger partial charge in [-0.1, -0.05) is 0 Å². The predicted octanol–water partition coefficient (Wildman–Crippen LogP) is 2.52. The number of primary amides is 1. The number of fused-ring (bicyclic) bond motifs is 1. The predicted molar refractivity (Wildman–Crippen MR) is 78.4 cm³/mol. The number of carbonyl (C=O) groups excluding carboxylic acids is 1. The lowest BCUT2D eigenvalue weighted by Crippen LogP contribution is -2.41. The van der Waals surface area contributed by atoms with Crippen molar-refractivity contribution < 1.29 is 4.79 Å². The second-order valence-corrected chi connectivity index (χ2v) is 5.98. The van der Waals surface area contributed by atoms with Crippen molar-refractivity contribution in [2.45, 2.75) is 19.4 Å². The number of hydrogen-bond donors (Lipinski definition) is 2. The molecule has 90 valence electrons. The van der Waals surface area contributed by atoms with E-state index in [-0.39, 0.29) is 0 Å². The van der Waals surface area contributed by atoms with E-state index < -0.39 is 11.4 Å². The highest BCUT2D eigenvalue weighted by Gasteiger charge is 2.29. The zero-order chi connectivity index (χ0) is 12.8. The molecule has 6 heteroatoms. The Kier molecular flexibility index (Phi) is 3.03. The summed E-state index contributed by atoms with van der Waals surface area (Å²) in [4.78, 5) is 14.6. The molecule has 2 aromatic rings. The Morgan fingerprint density at radius 3 is 2.76 bits per heavy atom. The van der Waals surface area contributed by atoms with Crippen LogP contribution >= 0.6 is 34.8 Å². The van der Waals surface area contributed by atoms with Crippen LogP contribution in [0.4, 0.5) is 0 Å². The molecule has 0 saturated carbocycles. The van der Waals surface area contributed by atoms with Gasteiger partial charge in [0.15, 0.2) is 4.77 Å². The molecule has 1 heterocycles. The number of halogens is 1. The van der Waals surface area contributed by atoms with E-state index in [2.05, 4.69) is 27.6 Å². The van der Waals surface area contributed by atoms with E-state index in [4.69, 9.17) is 18.0 Å². The molecule has 2 rings (SSSR count). The number of carbonyl (C=O) groups is 1. The average Bonchev–Trinajstić information content (AvgIpc) is 2.53. The number of nitrogens with zero attached hydrogens (tertiary/aromatic N) is 1. The van der Waals surface area contributed by atoms with Crippen LogP contribution in [0.3, 0.4) is 0 Å². The first kappa shape index (κ1) is 12.6. The largest absolute Gasteiger partial charge is 0.368 e. The maximum Gasteiger partial charge on any atom is 0.243 e. The summed E-state index contributed by atoms with van der Waals surface area (Å²) in [5.74, 6) is -0.409. The van der Waals surface area contributed by atoms with Crippen molar-refractivity contribution in [3.05, 3.63) is 26.5 Å². The van der Waals surface area contributed by atoms with Crippen LogP contribution in [0.5, 0.6) is 0 Å². The molecule has 17 heavy (non-hydrogen) atoms. The van der Waals surface area contributed by atoms with E-state index in [9.17, 15) is 4.79 Å². The van der Waals surface area contributed by atoms with Crippen molar-refractivity contribution in [1.82, 2.24) is 9.55 Å². The third-order valence-corrected chi connectivity index (χ3v) is 3.76. The fourth-order valence-corrected chi connectivity index (χ4v) is 2.68. The molecule has 0 fully saturated rings. The van der Waals surface area contributed by atoms with Gasteiger partial charge in [0.1, 0.15) is 5.54 Å². The van der Waals surface area contributed by atoms with Crippen molar-refractivity contribution in [1.29, 1.82) is 0 Å². The number of nitrogens with one attached hydrogen (secondary N) is 1. The van der Waals surface area contributed by atoms with Crippen LogP contribution in [0, 0.1) is 8.34 Å². The maximum atomic E-state index is 11.5. The minimum absolute atomic E-state index is 0.409. The molecular weight excluding hydrogens is 349 g/mol. The first-order valence-electron chi connectivity index (χ1n) is 5.04. The standard InChI is InChI=1S/C11H12IN3OS/c1-11(2,9(13)16)15-8-4-3-6(12)5-7(8)14-10(15)17/h3-5H,1-2H3,(H2,13,16)(H,14,17). The highest BCUT2D eigenvalue weighted by Crippen LogP contribution is 2.24. The molecule has 0 unspecified atom stereocenters. The quantitative estimate of drug-likeness (QED) is 0.638. The van der Waals surface area contributed by atoms with E-state index in [1.54, 1.807) is 18.4 Å². The maximum absolute atomic E-state index is 11.5. The van der Waals surface area contributed by atoms with Crippen LogP contribution in [0.25, 0.3) is 11.0 Å². The number of benzene rings is 1. The van der Waals surface area contributed by atoms with Crippen molar-refractivity contribution in [2.24, 2.45) is 5.73 Å². The molecule has 3 N–H and O–H groups in total. The van der Waals surface area contributed by atoms with Crippen molar-refractivity contribution in [2.75, 3.05) is 0 Å². The average molecular weight is 361 g/mol. The van der Waals surface area contributed by atoms with E-state index in [1.807, 2.05) is 18.2 Å². The molecule has 0 bridgehead atoms. The molecule has 0 aliphatic carbocycles. The van der Waals surface area contributed by atoms with Gasteiger partial charge >= 0.3 is 0 Å². The van der Waals surface area contributed by atoms with Crippen molar-refractivity contribution >= 4 is 51.7 Å². The molecule has 0 atom stereocenters.